The zero-order valence-corrected chi connectivity index (χ0v) is 6.43. The highest BCUT2D eigenvalue weighted by molar-refractivity contribution is 5.03. The zero-order valence-electron chi connectivity index (χ0n) is 6.43. The summed E-state index contributed by atoms with van der Waals surface area (Å²) in [6.45, 7) is 0. The molecule has 92 valence electrons. The van der Waals surface area contributed by atoms with Crippen molar-refractivity contribution in [1.29, 1.82) is 0 Å². The minimum atomic E-state index is -6.80. The van der Waals surface area contributed by atoms with Crippen molar-refractivity contribution in [3.8, 4) is 0 Å². The van der Waals surface area contributed by atoms with Crippen LogP contribution in [0.5, 0.6) is 0 Å². The third-order valence-electron chi connectivity index (χ3n) is 1.47. The highest BCUT2D eigenvalue weighted by atomic mass is 19.4. The highest BCUT2D eigenvalue weighted by Gasteiger charge is 2.79. The summed E-state index contributed by atoms with van der Waals surface area (Å²) in [5.74, 6) is -6.51. The molecule has 0 saturated carbocycles. The third-order valence-corrected chi connectivity index (χ3v) is 1.47. The second-order valence-electron chi connectivity index (χ2n) is 2.43. The van der Waals surface area contributed by atoms with Gasteiger partial charge in [-0.05, 0) is 0 Å². The molecule has 0 heterocycles. The topological polar surface area (TPSA) is 0 Å². The van der Waals surface area contributed by atoms with Crippen molar-refractivity contribution in [2.75, 3.05) is 0 Å². The Balaban J connectivity index is 5.51. The van der Waals surface area contributed by atoms with E-state index in [1.165, 1.54) is 0 Å². The number of alkyl halides is 10. The third kappa shape index (κ3) is 1.98. The van der Waals surface area contributed by atoms with Gasteiger partial charge in [0, 0.05) is 0 Å². The molecule has 0 aliphatic carbocycles. The largest absolute Gasteiger partial charge is 0.434 e. The Bertz CT molecular complexity index is 216. The van der Waals surface area contributed by atoms with E-state index >= 15 is 0 Å². The number of rotatable bonds is 3. The van der Waals surface area contributed by atoms with Gasteiger partial charge in [0.2, 0.25) is 0 Å². The molecule has 0 amide bonds. The molecule has 15 heavy (non-hydrogen) atoms. The summed E-state index contributed by atoms with van der Waals surface area (Å²) in [4.78, 5) is 0. The van der Waals surface area contributed by atoms with Crippen LogP contribution in [0.25, 0.3) is 0 Å². The predicted octanol–water partition coefficient (Wildman–Crippen LogP) is 3.42. The molecule has 0 radical (unpaired) electrons. The summed E-state index contributed by atoms with van der Waals surface area (Å²) < 4.78 is 117. The minimum Gasteiger partial charge on any atom is -0.220 e. The summed E-state index contributed by atoms with van der Waals surface area (Å²) in [5, 5.41) is 0. The van der Waals surface area contributed by atoms with Crippen molar-refractivity contribution in [1.82, 2.24) is 0 Å². The van der Waals surface area contributed by atoms with Gasteiger partial charge >= 0.3 is 24.2 Å². The van der Waals surface area contributed by atoms with Crippen molar-refractivity contribution in [2.24, 2.45) is 0 Å². The molecular formula is C5H2F10. The van der Waals surface area contributed by atoms with Crippen LogP contribution in [0.4, 0.5) is 43.9 Å². The first kappa shape index (κ1) is 14.3. The maximum absolute atomic E-state index is 12.3. The lowest BCUT2D eigenvalue weighted by Gasteiger charge is -2.33. The Morgan fingerprint density at radius 2 is 0.933 bits per heavy atom. The van der Waals surface area contributed by atoms with Crippen molar-refractivity contribution >= 4 is 0 Å². The fourth-order valence-electron chi connectivity index (χ4n) is 0.617. The van der Waals surface area contributed by atoms with E-state index in [-0.39, 0.29) is 0 Å². The molecule has 0 aromatic heterocycles. The van der Waals surface area contributed by atoms with Gasteiger partial charge in [-0.15, -0.1) is 0 Å². The molecule has 10 heteroatoms. The Hall–Kier alpha value is -0.700. The molecule has 0 saturated heterocycles. The average molecular weight is 252 g/mol. The van der Waals surface area contributed by atoms with Crippen LogP contribution in [-0.4, -0.2) is 30.6 Å². The summed E-state index contributed by atoms with van der Waals surface area (Å²) in [7, 11) is 0. The first-order chi connectivity index (χ1) is 6.39. The van der Waals surface area contributed by atoms with E-state index in [1.54, 1.807) is 0 Å². The molecule has 0 aliphatic rings. The van der Waals surface area contributed by atoms with Gasteiger partial charge in [-0.3, -0.25) is 0 Å². The molecule has 0 aromatic carbocycles. The molecule has 0 aliphatic heterocycles. The van der Waals surface area contributed by atoms with Crippen molar-refractivity contribution in [3.63, 3.8) is 0 Å². The van der Waals surface area contributed by atoms with Crippen LogP contribution in [0, 0.1) is 0 Å². The van der Waals surface area contributed by atoms with Crippen LogP contribution in [-0.2, 0) is 0 Å². The fourth-order valence-corrected chi connectivity index (χ4v) is 0.617. The number of hydrogen-bond donors (Lipinski definition) is 0. The monoisotopic (exact) mass is 252 g/mol. The highest BCUT2D eigenvalue weighted by Crippen LogP contribution is 2.51. The Morgan fingerprint density at radius 1 is 0.600 bits per heavy atom. The van der Waals surface area contributed by atoms with Crippen LogP contribution in [0.3, 0.4) is 0 Å². The predicted molar refractivity (Wildman–Crippen MR) is 26.8 cm³/mol. The molecule has 0 bridgehead atoms. The van der Waals surface area contributed by atoms with E-state index in [4.69, 9.17) is 0 Å². The first-order valence-electron chi connectivity index (χ1n) is 3.08. The van der Waals surface area contributed by atoms with Crippen molar-refractivity contribution < 1.29 is 43.9 Å². The van der Waals surface area contributed by atoms with E-state index in [0.29, 0.717) is 0 Å². The Labute approximate surface area is 75.9 Å². The smallest absolute Gasteiger partial charge is 0.220 e. The van der Waals surface area contributed by atoms with Crippen LogP contribution >= 0.6 is 0 Å². The minimum absolute atomic E-state index is 5.20. The Kier molecular flexibility index (Phi) is 3.53. The summed E-state index contributed by atoms with van der Waals surface area (Å²) >= 11 is 0. The zero-order chi connectivity index (χ0) is 12.7. The molecular weight excluding hydrogens is 250 g/mol. The van der Waals surface area contributed by atoms with E-state index in [0.717, 1.165) is 0 Å². The second-order valence-corrected chi connectivity index (χ2v) is 2.43. The van der Waals surface area contributed by atoms with Gasteiger partial charge in [0.05, 0.1) is 0 Å². The van der Waals surface area contributed by atoms with Gasteiger partial charge in [0.15, 0.2) is 0 Å². The number of halogens is 10. The van der Waals surface area contributed by atoms with Crippen LogP contribution in [0.15, 0.2) is 0 Å². The maximum atomic E-state index is 12.3. The summed E-state index contributed by atoms with van der Waals surface area (Å²) in [6, 6.07) is 0. The van der Waals surface area contributed by atoms with Gasteiger partial charge < -0.3 is 0 Å². The van der Waals surface area contributed by atoms with Crippen molar-refractivity contribution in [3.05, 3.63) is 0 Å². The molecule has 1 atom stereocenters. The summed E-state index contributed by atoms with van der Waals surface area (Å²) in [5.41, 5.74) is -6.56. The maximum Gasteiger partial charge on any atom is 0.434 e. The van der Waals surface area contributed by atoms with E-state index in [1.807, 2.05) is 0 Å². The van der Waals surface area contributed by atoms with Gasteiger partial charge in [0.25, 0.3) is 6.43 Å². The van der Waals surface area contributed by atoms with Crippen molar-refractivity contribution in [2.45, 2.75) is 30.6 Å². The molecule has 0 fully saturated rings. The average Bonchev–Trinajstić information content (AvgIpc) is 1.99. The van der Waals surface area contributed by atoms with E-state index in [9.17, 15) is 43.9 Å². The normalized spacial score (nSPS) is 18.4. The SMILES string of the molecule is FC(F)C(F)(F)C(F)(C(F)F)C(F)(F)F. The quantitative estimate of drug-likeness (QED) is 0.675. The fraction of sp³-hybridized carbons (Fsp3) is 1.00. The van der Waals surface area contributed by atoms with Gasteiger partial charge in [-0.25, -0.2) is 22.0 Å². The van der Waals surface area contributed by atoms with Crippen LogP contribution in [0.2, 0.25) is 0 Å². The van der Waals surface area contributed by atoms with E-state index in [2.05, 4.69) is 0 Å². The molecule has 0 rings (SSSR count). The lowest BCUT2D eigenvalue weighted by atomic mass is 9.97. The first-order valence-corrected chi connectivity index (χ1v) is 3.08. The second kappa shape index (κ2) is 3.71. The number of hydrogen-bond acceptors (Lipinski definition) is 0. The molecule has 0 spiro atoms. The molecule has 0 nitrogen and oxygen atoms in total. The van der Waals surface area contributed by atoms with Gasteiger partial charge in [-0.2, -0.15) is 22.0 Å². The lowest BCUT2D eigenvalue weighted by Crippen LogP contribution is -2.63. The molecule has 0 N–H and O–H groups in total. The van der Waals surface area contributed by atoms with Crippen LogP contribution < -0.4 is 0 Å². The van der Waals surface area contributed by atoms with Crippen LogP contribution in [0.1, 0.15) is 0 Å². The lowest BCUT2D eigenvalue weighted by molar-refractivity contribution is -0.357. The summed E-state index contributed by atoms with van der Waals surface area (Å²) in [6.07, 6.45) is -17.3. The molecule has 0 aromatic rings. The Morgan fingerprint density at radius 3 is 1.00 bits per heavy atom. The van der Waals surface area contributed by atoms with Gasteiger partial charge in [-0.1, -0.05) is 0 Å². The molecule has 1 unspecified atom stereocenters. The van der Waals surface area contributed by atoms with E-state index < -0.39 is 30.6 Å². The standard InChI is InChI=1S/C5H2F10/c6-1(7)3(10,5(13,14)15)4(11,12)2(8)9/h1-2H. The van der Waals surface area contributed by atoms with Gasteiger partial charge in [0.1, 0.15) is 0 Å².